The van der Waals surface area contributed by atoms with Crippen LogP contribution in [0.4, 0.5) is 0 Å². The molecule has 0 bridgehead atoms. The van der Waals surface area contributed by atoms with Gasteiger partial charge in [0.25, 0.3) is 0 Å². The molecule has 1 unspecified atom stereocenters. The van der Waals surface area contributed by atoms with Crippen LogP contribution < -0.4 is 5.32 Å². The molecule has 0 fully saturated rings. The van der Waals surface area contributed by atoms with Gasteiger partial charge in [0, 0.05) is 6.04 Å². The second kappa shape index (κ2) is 8.25. The summed E-state index contributed by atoms with van der Waals surface area (Å²) in [5.74, 6) is 0.798. The highest BCUT2D eigenvalue weighted by Gasteiger charge is 2.09. The smallest absolute Gasteiger partial charge is 0.00816 e. The van der Waals surface area contributed by atoms with Crippen molar-refractivity contribution < 1.29 is 0 Å². The predicted octanol–water partition coefficient (Wildman–Crippen LogP) is 2.35. The molecule has 2 heteroatoms. The summed E-state index contributed by atoms with van der Waals surface area (Å²) >= 11 is 0. The van der Waals surface area contributed by atoms with Crippen LogP contribution in [0.1, 0.15) is 40.0 Å². The van der Waals surface area contributed by atoms with Crippen molar-refractivity contribution in [1.29, 1.82) is 0 Å². The molecule has 86 valence electrons. The van der Waals surface area contributed by atoms with Crippen LogP contribution in [0.25, 0.3) is 0 Å². The van der Waals surface area contributed by atoms with Gasteiger partial charge in [-0.1, -0.05) is 20.8 Å². The van der Waals surface area contributed by atoms with Crippen LogP contribution in [0.2, 0.25) is 0 Å². The van der Waals surface area contributed by atoms with Crippen LogP contribution >= 0.6 is 0 Å². The van der Waals surface area contributed by atoms with E-state index in [2.05, 4.69) is 45.1 Å². The second-order valence-electron chi connectivity index (χ2n) is 4.87. The van der Waals surface area contributed by atoms with Gasteiger partial charge in [-0.3, -0.25) is 0 Å². The monoisotopic (exact) mass is 200 g/mol. The minimum atomic E-state index is 0.706. The van der Waals surface area contributed by atoms with Crippen molar-refractivity contribution in [2.75, 3.05) is 27.2 Å². The van der Waals surface area contributed by atoms with Gasteiger partial charge in [0.05, 0.1) is 0 Å². The van der Waals surface area contributed by atoms with Crippen LogP contribution in [0.15, 0.2) is 0 Å². The third-order valence-corrected chi connectivity index (χ3v) is 2.36. The van der Waals surface area contributed by atoms with Crippen molar-refractivity contribution >= 4 is 0 Å². The van der Waals surface area contributed by atoms with Crippen molar-refractivity contribution in [2.24, 2.45) is 5.92 Å². The van der Waals surface area contributed by atoms with Gasteiger partial charge < -0.3 is 10.2 Å². The average Bonchev–Trinajstić information content (AvgIpc) is 2.09. The van der Waals surface area contributed by atoms with Gasteiger partial charge in [0.15, 0.2) is 0 Å². The Morgan fingerprint density at radius 2 is 1.86 bits per heavy atom. The van der Waals surface area contributed by atoms with Crippen LogP contribution in [-0.2, 0) is 0 Å². The standard InChI is InChI=1S/C12H28N2/c1-6-8-13-12(10-11(2)3)7-9-14(4)5/h11-13H,6-10H2,1-5H3. The van der Waals surface area contributed by atoms with E-state index in [4.69, 9.17) is 0 Å². The van der Waals surface area contributed by atoms with E-state index in [1.54, 1.807) is 0 Å². The van der Waals surface area contributed by atoms with E-state index < -0.39 is 0 Å². The Morgan fingerprint density at radius 1 is 1.21 bits per heavy atom. The minimum Gasteiger partial charge on any atom is -0.314 e. The molecule has 0 amide bonds. The molecule has 0 aliphatic heterocycles. The normalized spacial score (nSPS) is 13.9. The first kappa shape index (κ1) is 13.9. The Hall–Kier alpha value is -0.0800. The highest BCUT2D eigenvalue weighted by Crippen LogP contribution is 2.08. The van der Waals surface area contributed by atoms with Crippen LogP contribution in [-0.4, -0.2) is 38.1 Å². The average molecular weight is 200 g/mol. The summed E-state index contributed by atoms with van der Waals surface area (Å²) in [7, 11) is 4.29. The number of hydrogen-bond acceptors (Lipinski definition) is 2. The Morgan fingerprint density at radius 3 is 2.29 bits per heavy atom. The summed E-state index contributed by atoms with van der Waals surface area (Å²) < 4.78 is 0. The molecule has 0 rings (SSSR count). The van der Waals surface area contributed by atoms with Crippen molar-refractivity contribution in [2.45, 2.75) is 46.1 Å². The van der Waals surface area contributed by atoms with Gasteiger partial charge in [-0.2, -0.15) is 0 Å². The Kier molecular flexibility index (Phi) is 8.20. The lowest BCUT2D eigenvalue weighted by Gasteiger charge is -2.22. The van der Waals surface area contributed by atoms with E-state index in [0.717, 1.165) is 12.5 Å². The first-order valence-corrected chi connectivity index (χ1v) is 5.94. The van der Waals surface area contributed by atoms with Gasteiger partial charge >= 0.3 is 0 Å². The van der Waals surface area contributed by atoms with Gasteiger partial charge in [0.1, 0.15) is 0 Å². The zero-order chi connectivity index (χ0) is 11.0. The maximum absolute atomic E-state index is 3.63. The molecule has 1 N–H and O–H groups in total. The summed E-state index contributed by atoms with van der Waals surface area (Å²) in [4.78, 5) is 2.26. The van der Waals surface area contributed by atoms with E-state index >= 15 is 0 Å². The maximum atomic E-state index is 3.63. The van der Waals surface area contributed by atoms with Crippen molar-refractivity contribution in [3.05, 3.63) is 0 Å². The summed E-state index contributed by atoms with van der Waals surface area (Å²) in [6.07, 6.45) is 3.80. The molecule has 0 aromatic carbocycles. The molecule has 1 atom stereocenters. The van der Waals surface area contributed by atoms with Crippen LogP contribution in [0.3, 0.4) is 0 Å². The summed E-state index contributed by atoms with van der Waals surface area (Å²) in [6.45, 7) is 9.18. The van der Waals surface area contributed by atoms with Crippen molar-refractivity contribution in [3.8, 4) is 0 Å². The maximum Gasteiger partial charge on any atom is 0.00816 e. The fourth-order valence-corrected chi connectivity index (χ4v) is 1.63. The summed E-state index contributed by atoms with van der Waals surface area (Å²) in [5, 5.41) is 3.63. The lowest BCUT2D eigenvalue weighted by Crippen LogP contribution is -2.34. The molecule has 0 aromatic heterocycles. The number of hydrogen-bond donors (Lipinski definition) is 1. The molecule has 0 saturated heterocycles. The minimum absolute atomic E-state index is 0.706. The Bertz CT molecular complexity index is 121. The number of rotatable bonds is 8. The largest absolute Gasteiger partial charge is 0.314 e. The SMILES string of the molecule is CCCNC(CCN(C)C)CC(C)C. The number of nitrogens with one attached hydrogen (secondary N) is 1. The van der Waals surface area contributed by atoms with E-state index in [0.29, 0.717) is 6.04 Å². The van der Waals surface area contributed by atoms with Gasteiger partial charge in [0.2, 0.25) is 0 Å². The quantitative estimate of drug-likeness (QED) is 0.647. The van der Waals surface area contributed by atoms with E-state index in [1.165, 1.54) is 25.8 Å². The number of nitrogens with zero attached hydrogens (tertiary/aromatic N) is 1. The zero-order valence-corrected chi connectivity index (χ0v) is 10.6. The Balaban J connectivity index is 3.72. The van der Waals surface area contributed by atoms with Crippen LogP contribution in [0, 0.1) is 5.92 Å². The molecule has 0 spiro atoms. The van der Waals surface area contributed by atoms with Crippen molar-refractivity contribution in [3.63, 3.8) is 0 Å². The molecule has 0 aliphatic rings. The molecule has 14 heavy (non-hydrogen) atoms. The summed E-state index contributed by atoms with van der Waals surface area (Å²) in [5.41, 5.74) is 0. The Labute approximate surface area is 90.1 Å². The molecular weight excluding hydrogens is 172 g/mol. The van der Waals surface area contributed by atoms with E-state index in [9.17, 15) is 0 Å². The molecule has 0 radical (unpaired) electrons. The fraction of sp³-hybridized carbons (Fsp3) is 1.00. The molecular formula is C12H28N2. The van der Waals surface area contributed by atoms with Gasteiger partial charge in [-0.05, 0) is 52.4 Å². The lowest BCUT2D eigenvalue weighted by atomic mass is 10.0. The van der Waals surface area contributed by atoms with E-state index in [1.807, 2.05) is 0 Å². The van der Waals surface area contributed by atoms with Crippen molar-refractivity contribution in [1.82, 2.24) is 10.2 Å². The first-order valence-electron chi connectivity index (χ1n) is 5.94. The topological polar surface area (TPSA) is 15.3 Å². The molecule has 0 saturated carbocycles. The van der Waals surface area contributed by atoms with E-state index in [-0.39, 0.29) is 0 Å². The third-order valence-electron chi connectivity index (χ3n) is 2.36. The molecule has 0 aliphatic carbocycles. The molecule has 2 nitrogen and oxygen atoms in total. The predicted molar refractivity (Wildman–Crippen MR) is 64.7 cm³/mol. The summed E-state index contributed by atoms with van der Waals surface area (Å²) in [6, 6.07) is 0.706. The fourth-order valence-electron chi connectivity index (χ4n) is 1.63. The third kappa shape index (κ3) is 8.52. The zero-order valence-electron chi connectivity index (χ0n) is 10.6. The van der Waals surface area contributed by atoms with Gasteiger partial charge in [-0.25, -0.2) is 0 Å². The molecule has 0 heterocycles. The molecule has 0 aromatic rings. The highest BCUT2D eigenvalue weighted by atomic mass is 15.1. The lowest BCUT2D eigenvalue weighted by molar-refractivity contribution is 0.330. The highest BCUT2D eigenvalue weighted by molar-refractivity contribution is 4.69. The van der Waals surface area contributed by atoms with Gasteiger partial charge in [-0.15, -0.1) is 0 Å². The van der Waals surface area contributed by atoms with Crippen LogP contribution in [0.5, 0.6) is 0 Å². The first-order chi connectivity index (χ1) is 6.56. The second-order valence-corrected chi connectivity index (χ2v) is 4.87.